The molecule has 2 heterocycles. The van der Waals surface area contributed by atoms with Gasteiger partial charge in [0.2, 0.25) is 0 Å². The van der Waals surface area contributed by atoms with Gasteiger partial charge in [-0.05, 0) is 54.8 Å². The number of rotatable bonds is 5. The maximum absolute atomic E-state index is 5.68. The van der Waals surface area contributed by atoms with Crippen LogP contribution in [0.15, 0.2) is 30.5 Å². The van der Waals surface area contributed by atoms with E-state index >= 15 is 0 Å². The van der Waals surface area contributed by atoms with Crippen molar-refractivity contribution < 1.29 is 4.74 Å². The van der Waals surface area contributed by atoms with Gasteiger partial charge in [0, 0.05) is 31.4 Å². The van der Waals surface area contributed by atoms with Crippen LogP contribution in [0.5, 0.6) is 0 Å². The van der Waals surface area contributed by atoms with E-state index in [0.717, 1.165) is 13.2 Å². The van der Waals surface area contributed by atoms with E-state index in [0.29, 0.717) is 12.6 Å². The van der Waals surface area contributed by atoms with Gasteiger partial charge in [0.05, 0.1) is 6.10 Å². The van der Waals surface area contributed by atoms with Gasteiger partial charge < -0.3 is 15.0 Å². The Hall–Kier alpha value is -1.32. The van der Waals surface area contributed by atoms with Gasteiger partial charge in [-0.2, -0.15) is 0 Å². The Labute approximate surface area is 114 Å². The summed E-state index contributed by atoms with van der Waals surface area (Å²) in [4.78, 5) is 0. The average molecular weight is 258 g/mol. The molecule has 1 unspecified atom stereocenters. The molecule has 1 atom stereocenters. The lowest BCUT2D eigenvalue weighted by atomic mass is 10.1. The zero-order chi connectivity index (χ0) is 13.1. The lowest BCUT2D eigenvalue weighted by molar-refractivity contribution is 0.101. The summed E-state index contributed by atoms with van der Waals surface area (Å²) in [5.41, 5.74) is 8.19. The molecular weight excluding hydrogens is 236 g/mol. The number of ether oxygens (including phenoxy) is 1. The normalized spacial score (nSPS) is 19.3. The number of nitrogens with two attached hydrogens (primary N) is 1. The van der Waals surface area contributed by atoms with Gasteiger partial charge in [-0.3, -0.25) is 0 Å². The maximum atomic E-state index is 5.68. The lowest BCUT2D eigenvalue weighted by Gasteiger charge is -2.10. The molecule has 2 aromatic rings. The lowest BCUT2D eigenvalue weighted by Crippen LogP contribution is -2.06. The van der Waals surface area contributed by atoms with Crippen molar-refractivity contribution in [2.24, 2.45) is 5.73 Å². The quantitative estimate of drug-likeness (QED) is 0.895. The summed E-state index contributed by atoms with van der Waals surface area (Å²) in [5, 5.41) is 1.29. The third-order valence-corrected chi connectivity index (χ3v) is 4.02. The van der Waals surface area contributed by atoms with E-state index in [-0.39, 0.29) is 0 Å². The number of aryl methyl sites for hydroxylation is 1. The van der Waals surface area contributed by atoms with E-state index in [1.54, 1.807) is 0 Å². The molecule has 102 valence electrons. The molecule has 1 saturated heterocycles. The van der Waals surface area contributed by atoms with Crippen molar-refractivity contribution in [3.8, 4) is 0 Å². The molecule has 1 aromatic heterocycles. The smallest absolute Gasteiger partial charge is 0.0576 e. The number of hydrogen-bond donors (Lipinski definition) is 1. The first-order valence-corrected chi connectivity index (χ1v) is 7.26. The number of fused-ring (bicyclic) bond motifs is 1. The molecule has 3 heteroatoms. The highest BCUT2D eigenvalue weighted by molar-refractivity contribution is 5.80. The first-order chi connectivity index (χ1) is 9.36. The number of hydrogen-bond acceptors (Lipinski definition) is 2. The van der Waals surface area contributed by atoms with Crippen molar-refractivity contribution in [1.82, 2.24) is 4.57 Å². The minimum atomic E-state index is 0.505. The second-order valence-electron chi connectivity index (χ2n) is 5.38. The van der Waals surface area contributed by atoms with Gasteiger partial charge in [-0.25, -0.2) is 0 Å². The highest BCUT2D eigenvalue weighted by atomic mass is 16.5. The van der Waals surface area contributed by atoms with Crippen LogP contribution < -0.4 is 5.73 Å². The van der Waals surface area contributed by atoms with Crippen molar-refractivity contribution in [2.75, 3.05) is 6.61 Å². The van der Waals surface area contributed by atoms with E-state index < -0.39 is 0 Å². The zero-order valence-corrected chi connectivity index (χ0v) is 11.3. The Bertz CT molecular complexity index is 541. The minimum absolute atomic E-state index is 0.505. The Morgan fingerprint density at radius 1 is 1.32 bits per heavy atom. The third-order valence-electron chi connectivity index (χ3n) is 4.02. The van der Waals surface area contributed by atoms with Crippen molar-refractivity contribution in [1.29, 1.82) is 0 Å². The monoisotopic (exact) mass is 258 g/mol. The topological polar surface area (TPSA) is 40.2 Å². The van der Waals surface area contributed by atoms with Crippen molar-refractivity contribution >= 4 is 10.9 Å². The van der Waals surface area contributed by atoms with E-state index in [9.17, 15) is 0 Å². The summed E-state index contributed by atoms with van der Waals surface area (Å²) in [5.74, 6) is 0. The van der Waals surface area contributed by atoms with Crippen LogP contribution in [0, 0.1) is 0 Å². The molecule has 2 N–H and O–H groups in total. The van der Waals surface area contributed by atoms with Crippen LogP contribution in [0.1, 0.15) is 31.2 Å². The summed E-state index contributed by atoms with van der Waals surface area (Å²) >= 11 is 0. The van der Waals surface area contributed by atoms with Crippen molar-refractivity contribution in [3.05, 3.63) is 36.0 Å². The standard InChI is InChI=1S/C16H22N2O/c17-12-13-5-6-16-14(11-13)7-9-18(16)8-1-3-15-4-2-10-19-15/h5-7,9,11,15H,1-4,8,10,12,17H2. The second kappa shape index (κ2) is 5.76. The molecule has 0 radical (unpaired) electrons. The predicted molar refractivity (Wildman–Crippen MR) is 78.0 cm³/mol. The van der Waals surface area contributed by atoms with Crippen LogP contribution in [-0.2, 0) is 17.8 Å². The number of benzene rings is 1. The van der Waals surface area contributed by atoms with Gasteiger partial charge in [-0.1, -0.05) is 6.07 Å². The van der Waals surface area contributed by atoms with Crippen LogP contribution in [0.3, 0.4) is 0 Å². The first-order valence-electron chi connectivity index (χ1n) is 7.26. The Kier molecular flexibility index (Phi) is 3.85. The van der Waals surface area contributed by atoms with Gasteiger partial charge in [0.1, 0.15) is 0 Å². The SMILES string of the molecule is NCc1ccc2c(ccn2CCCC2CCCO2)c1. The van der Waals surface area contributed by atoms with E-state index in [1.165, 1.54) is 42.1 Å². The zero-order valence-electron chi connectivity index (χ0n) is 11.3. The van der Waals surface area contributed by atoms with Crippen LogP contribution in [0.4, 0.5) is 0 Å². The molecule has 1 aliphatic heterocycles. The van der Waals surface area contributed by atoms with Gasteiger partial charge in [0.15, 0.2) is 0 Å². The molecule has 3 nitrogen and oxygen atoms in total. The van der Waals surface area contributed by atoms with Gasteiger partial charge >= 0.3 is 0 Å². The fourth-order valence-corrected chi connectivity index (χ4v) is 2.93. The molecule has 19 heavy (non-hydrogen) atoms. The van der Waals surface area contributed by atoms with E-state index in [1.807, 2.05) is 0 Å². The highest BCUT2D eigenvalue weighted by Crippen LogP contribution is 2.20. The third kappa shape index (κ3) is 2.82. The molecular formula is C16H22N2O. The minimum Gasteiger partial charge on any atom is -0.378 e. The molecule has 0 bridgehead atoms. The molecule has 0 saturated carbocycles. The van der Waals surface area contributed by atoms with Crippen LogP contribution in [0.25, 0.3) is 10.9 Å². The summed E-state index contributed by atoms with van der Waals surface area (Å²) < 4.78 is 8.00. The fraction of sp³-hybridized carbons (Fsp3) is 0.500. The number of aromatic nitrogens is 1. The molecule has 0 amide bonds. The predicted octanol–water partition coefficient (Wildman–Crippen LogP) is 3.06. The molecule has 3 rings (SSSR count). The maximum Gasteiger partial charge on any atom is 0.0576 e. The van der Waals surface area contributed by atoms with Crippen LogP contribution in [-0.4, -0.2) is 17.3 Å². The average Bonchev–Trinajstić information content (AvgIpc) is 3.08. The Balaban J connectivity index is 1.64. The summed E-state index contributed by atoms with van der Waals surface area (Å²) in [6.07, 6.45) is 7.53. The summed E-state index contributed by atoms with van der Waals surface area (Å²) in [6.45, 7) is 2.64. The largest absolute Gasteiger partial charge is 0.378 e. The van der Waals surface area contributed by atoms with Crippen molar-refractivity contribution in [2.45, 2.75) is 44.9 Å². The summed E-state index contributed by atoms with van der Waals surface area (Å²) in [7, 11) is 0. The molecule has 0 spiro atoms. The van der Waals surface area contributed by atoms with Crippen LogP contribution >= 0.6 is 0 Å². The molecule has 0 aliphatic carbocycles. The molecule has 1 fully saturated rings. The van der Waals surface area contributed by atoms with E-state index in [4.69, 9.17) is 10.5 Å². The van der Waals surface area contributed by atoms with Crippen LogP contribution in [0.2, 0.25) is 0 Å². The molecule has 1 aromatic carbocycles. The Morgan fingerprint density at radius 2 is 2.26 bits per heavy atom. The second-order valence-corrected chi connectivity index (χ2v) is 5.38. The first kappa shape index (κ1) is 12.7. The highest BCUT2D eigenvalue weighted by Gasteiger charge is 2.14. The summed E-state index contributed by atoms with van der Waals surface area (Å²) in [6, 6.07) is 8.68. The molecule has 1 aliphatic rings. The van der Waals surface area contributed by atoms with E-state index in [2.05, 4.69) is 35.0 Å². The Morgan fingerprint density at radius 3 is 3.05 bits per heavy atom. The number of nitrogens with zero attached hydrogens (tertiary/aromatic N) is 1. The fourth-order valence-electron chi connectivity index (χ4n) is 2.93. The van der Waals surface area contributed by atoms with Crippen molar-refractivity contribution in [3.63, 3.8) is 0 Å². The van der Waals surface area contributed by atoms with Gasteiger partial charge in [-0.15, -0.1) is 0 Å². The van der Waals surface area contributed by atoms with Gasteiger partial charge in [0.25, 0.3) is 0 Å².